The Morgan fingerprint density at radius 1 is 1.21 bits per heavy atom. The minimum absolute atomic E-state index is 0.158. The number of hydrogen-bond acceptors (Lipinski definition) is 4. The molecule has 1 amide bonds. The lowest BCUT2D eigenvalue weighted by atomic mass is 9.95. The number of rotatable bonds is 6. The summed E-state index contributed by atoms with van der Waals surface area (Å²) in [7, 11) is 2.02. The van der Waals surface area contributed by atoms with E-state index in [0.717, 1.165) is 12.1 Å². The van der Waals surface area contributed by atoms with E-state index in [9.17, 15) is 19.4 Å². The highest BCUT2D eigenvalue weighted by atomic mass is 19.1. The van der Waals surface area contributed by atoms with Crippen molar-refractivity contribution in [1.82, 2.24) is 9.80 Å². The van der Waals surface area contributed by atoms with E-state index in [1.54, 1.807) is 17.0 Å². The van der Waals surface area contributed by atoms with Gasteiger partial charge in [-0.1, -0.05) is 42.5 Å². The number of aliphatic hydroxyl groups excluding tert-OH is 2. The molecule has 2 aromatic rings. The van der Waals surface area contributed by atoms with E-state index in [0.29, 0.717) is 13.1 Å². The van der Waals surface area contributed by atoms with Crippen molar-refractivity contribution in [2.75, 3.05) is 33.3 Å². The van der Waals surface area contributed by atoms with Crippen molar-refractivity contribution in [1.29, 1.82) is 0 Å². The van der Waals surface area contributed by atoms with Crippen LogP contribution < -0.4 is 0 Å². The predicted molar refractivity (Wildman–Crippen MR) is 108 cm³/mol. The molecular weight excluding hydrogens is 371 g/mol. The molecule has 29 heavy (non-hydrogen) atoms. The van der Waals surface area contributed by atoms with Crippen LogP contribution in [0.5, 0.6) is 0 Å². The van der Waals surface area contributed by atoms with Crippen molar-refractivity contribution in [2.24, 2.45) is 11.3 Å². The monoisotopic (exact) mass is 398 g/mol. The lowest BCUT2D eigenvalue weighted by Gasteiger charge is -2.20. The van der Waals surface area contributed by atoms with Crippen molar-refractivity contribution in [3.8, 4) is 0 Å². The second kappa shape index (κ2) is 7.86. The van der Waals surface area contributed by atoms with E-state index >= 15 is 0 Å². The second-order valence-corrected chi connectivity index (χ2v) is 8.38. The van der Waals surface area contributed by atoms with Crippen LogP contribution in [0, 0.1) is 17.2 Å². The smallest absolute Gasteiger partial charge is 0.248 e. The quantitative estimate of drug-likeness (QED) is 0.780. The molecule has 1 saturated carbocycles. The molecule has 1 heterocycles. The second-order valence-electron chi connectivity index (χ2n) is 8.38. The highest BCUT2D eigenvalue weighted by Gasteiger charge is 2.71. The third-order valence-electron chi connectivity index (χ3n) is 6.56. The molecule has 2 fully saturated rings. The maximum atomic E-state index is 13.2. The first-order valence-electron chi connectivity index (χ1n) is 10.0. The van der Waals surface area contributed by atoms with Crippen molar-refractivity contribution in [3.63, 3.8) is 0 Å². The Morgan fingerprint density at radius 3 is 2.55 bits per heavy atom. The van der Waals surface area contributed by atoms with E-state index in [2.05, 4.69) is 17.0 Å². The summed E-state index contributed by atoms with van der Waals surface area (Å²) >= 11 is 0. The summed E-state index contributed by atoms with van der Waals surface area (Å²) in [5, 5.41) is 20.2. The number of carbonyl (C=O) groups is 1. The zero-order valence-corrected chi connectivity index (χ0v) is 16.5. The van der Waals surface area contributed by atoms with Gasteiger partial charge in [-0.05, 0) is 42.1 Å². The van der Waals surface area contributed by atoms with E-state index in [1.165, 1.54) is 17.7 Å². The SMILES string of the molecule is CN(Cc1ccc(F)cc1)C[C@@H]1[C@@H](c2ccccc2)[C@]12CN(C(=O)CO)C[C@H]2O. The Kier molecular flexibility index (Phi) is 5.42. The average molecular weight is 398 g/mol. The van der Waals surface area contributed by atoms with Gasteiger partial charge in [-0.15, -0.1) is 0 Å². The molecule has 1 spiro atoms. The maximum absolute atomic E-state index is 13.2. The fraction of sp³-hybridized carbons (Fsp3) is 0.435. The van der Waals surface area contributed by atoms with Gasteiger partial charge in [0.1, 0.15) is 12.4 Å². The third-order valence-corrected chi connectivity index (χ3v) is 6.56. The van der Waals surface area contributed by atoms with E-state index in [1.807, 2.05) is 25.2 Å². The number of carbonyl (C=O) groups excluding carboxylic acids is 1. The molecule has 5 nitrogen and oxygen atoms in total. The largest absolute Gasteiger partial charge is 0.391 e. The fourth-order valence-electron chi connectivity index (χ4n) is 5.16. The summed E-state index contributed by atoms with van der Waals surface area (Å²) in [6, 6.07) is 16.6. The molecule has 4 atom stereocenters. The van der Waals surface area contributed by atoms with Crippen molar-refractivity contribution in [3.05, 3.63) is 71.5 Å². The van der Waals surface area contributed by atoms with Crippen LogP contribution >= 0.6 is 0 Å². The zero-order chi connectivity index (χ0) is 20.6. The van der Waals surface area contributed by atoms with Gasteiger partial charge in [-0.25, -0.2) is 4.39 Å². The Balaban J connectivity index is 1.53. The molecule has 0 aromatic heterocycles. The molecule has 1 aliphatic carbocycles. The van der Waals surface area contributed by atoms with Gasteiger partial charge in [0.05, 0.1) is 6.10 Å². The normalized spacial score (nSPS) is 28.3. The molecule has 1 aliphatic heterocycles. The summed E-state index contributed by atoms with van der Waals surface area (Å²) < 4.78 is 13.2. The number of amides is 1. The van der Waals surface area contributed by atoms with Crippen LogP contribution in [0.1, 0.15) is 17.0 Å². The van der Waals surface area contributed by atoms with E-state index < -0.39 is 12.7 Å². The minimum atomic E-state index is -0.618. The van der Waals surface area contributed by atoms with Crippen LogP contribution in [0.25, 0.3) is 0 Å². The number of hydrogen-bond donors (Lipinski definition) is 2. The highest BCUT2D eigenvalue weighted by molar-refractivity contribution is 5.78. The number of aliphatic hydroxyl groups is 2. The van der Waals surface area contributed by atoms with Crippen LogP contribution in [0.4, 0.5) is 4.39 Å². The highest BCUT2D eigenvalue weighted by Crippen LogP contribution is 2.69. The molecule has 0 bridgehead atoms. The summed E-state index contributed by atoms with van der Waals surface area (Å²) in [5.74, 6) is -0.227. The number of β-amino-alcohol motifs (C(OH)–C–C–N with tert-alkyl or cyclic N) is 1. The van der Waals surface area contributed by atoms with Crippen molar-refractivity contribution >= 4 is 5.91 Å². The van der Waals surface area contributed by atoms with Gasteiger partial charge in [-0.3, -0.25) is 4.79 Å². The van der Waals surface area contributed by atoms with Crippen LogP contribution in [0.3, 0.4) is 0 Å². The number of nitrogens with zero attached hydrogens (tertiary/aromatic N) is 2. The minimum Gasteiger partial charge on any atom is -0.391 e. The van der Waals surface area contributed by atoms with Gasteiger partial charge in [0.25, 0.3) is 0 Å². The maximum Gasteiger partial charge on any atom is 0.248 e. The first-order valence-corrected chi connectivity index (χ1v) is 10.0. The summed E-state index contributed by atoms with van der Waals surface area (Å²) in [6.07, 6.45) is -0.618. The van der Waals surface area contributed by atoms with Crippen molar-refractivity contribution in [2.45, 2.75) is 18.6 Å². The molecule has 2 aromatic carbocycles. The fourth-order valence-corrected chi connectivity index (χ4v) is 5.16. The van der Waals surface area contributed by atoms with E-state index in [-0.39, 0.29) is 35.5 Å². The molecular formula is C23H27FN2O3. The number of likely N-dealkylation sites (tertiary alicyclic amines) is 1. The molecule has 1 saturated heterocycles. The van der Waals surface area contributed by atoms with Crippen LogP contribution in [-0.2, 0) is 11.3 Å². The lowest BCUT2D eigenvalue weighted by Crippen LogP contribution is -2.32. The predicted octanol–water partition coefficient (Wildman–Crippen LogP) is 1.85. The van der Waals surface area contributed by atoms with Crippen molar-refractivity contribution < 1.29 is 19.4 Å². The third kappa shape index (κ3) is 3.68. The molecule has 0 radical (unpaired) electrons. The average Bonchev–Trinajstić information content (AvgIpc) is 3.21. The van der Waals surface area contributed by atoms with Gasteiger partial charge in [0.15, 0.2) is 0 Å². The van der Waals surface area contributed by atoms with Gasteiger partial charge >= 0.3 is 0 Å². The van der Waals surface area contributed by atoms with Crippen LogP contribution in [-0.4, -0.2) is 65.3 Å². The lowest BCUT2D eigenvalue weighted by molar-refractivity contribution is -0.133. The number of benzene rings is 2. The van der Waals surface area contributed by atoms with Gasteiger partial charge in [0.2, 0.25) is 5.91 Å². The molecule has 4 rings (SSSR count). The van der Waals surface area contributed by atoms with Crippen LogP contribution in [0.15, 0.2) is 54.6 Å². The summed E-state index contributed by atoms with van der Waals surface area (Å²) in [4.78, 5) is 15.8. The number of halogens is 1. The Bertz CT molecular complexity index is 860. The van der Waals surface area contributed by atoms with Crippen LogP contribution in [0.2, 0.25) is 0 Å². The molecule has 154 valence electrons. The van der Waals surface area contributed by atoms with Gasteiger partial charge in [-0.2, -0.15) is 0 Å². The van der Waals surface area contributed by atoms with Gasteiger partial charge in [0, 0.05) is 31.6 Å². The Labute approximate surface area is 170 Å². The summed E-state index contributed by atoms with van der Waals surface area (Å²) in [5.41, 5.74) is 1.82. The molecule has 2 aliphatic rings. The summed E-state index contributed by atoms with van der Waals surface area (Å²) in [6.45, 7) is 1.63. The molecule has 0 unspecified atom stereocenters. The standard InChI is InChI=1S/C23H27FN2O3/c1-25(11-16-7-9-18(24)10-8-16)12-19-22(17-5-3-2-4-6-17)23(19)15-26(13-20(23)28)21(29)14-27/h2-10,19-20,22,27-28H,11-15H2,1H3/t19-,20-,22-,23-/m1/s1. The first kappa shape index (κ1) is 20.0. The molecule has 6 heteroatoms. The molecule has 2 N–H and O–H groups in total. The first-order chi connectivity index (χ1) is 14.0. The topological polar surface area (TPSA) is 64.0 Å². The van der Waals surface area contributed by atoms with Gasteiger partial charge < -0.3 is 20.0 Å². The Hall–Kier alpha value is -2.28. The van der Waals surface area contributed by atoms with E-state index in [4.69, 9.17) is 0 Å². The zero-order valence-electron chi connectivity index (χ0n) is 16.5. The Morgan fingerprint density at radius 2 is 1.90 bits per heavy atom.